The molecule has 0 unspecified atom stereocenters. The number of ether oxygens (including phenoxy) is 3. The smallest absolute Gasteiger partial charge is 0.258 e. The number of nitrogens with zero attached hydrogens (tertiary/aromatic N) is 2. The molecule has 7 nitrogen and oxygen atoms in total. The third-order valence-electron chi connectivity index (χ3n) is 4.30. The first kappa shape index (κ1) is 17.7. The molecule has 0 radical (unpaired) electrons. The Labute approximate surface area is 162 Å². The maximum absolute atomic E-state index is 12.2. The summed E-state index contributed by atoms with van der Waals surface area (Å²) in [6, 6.07) is 13.0. The van der Waals surface area contributed by atoms with Crippen LogP contribution in [0.15, 0.2) is 67.8 Å². The van der Waals surface area contributed by atoms with Crippen molar-refractivity contribution in [3.05, 3.63) is 78.9 Å². The molecule has 0 fully saturated rings. The van der Waals surface area contributed by atoms with E-state index in [1.807, 2.05) is 42.5 Å². The average Bonchev–Trinajstić information content (AvgIpc) is 3.42. The Morgan fingerprint density at radius 1 is 1.21 bits per heavy atom. The summed E-state index contributed by atoms with van der Waals surface area (Å²) in [5.74, 6) is 1.77. The number of carbonyl (C=O) groups is 1. The van der Waals surface area contributed by atoms with Gasteiger partial charge in [0.05, 0.1) is 12.0 Å². The van der Waals surface area contributed by atoms with Gasteiger partial charge in [0.15, 0.2) is 18.1 Å². The predicted molar refractivity (Wildman–Crippen MR) is 103 cm³/mol. The van der Waals surface area contributed by atoms with Crippen molar-refractivity contribution in [3.8, 4) is 17.2 Å². The average molecular weight is 377 g/mol. The van der Waals surface area contributed by atoms with E-state index >= 15 is 0 Å². The summed E-state index contributed by atoms with van der Waals surface area (Å²) >= 11 is 0. The first-order valence-electron chi connectivity index (χ1n) is 8.75. The summed E-state index contributed by atoms with van der Waals surface area (Å²) in [5.41, 5.74) is 2.43. The number of benzene rings is 2. The first-order chi connectivity index (χ1) is 13.7. The first-order valence-corrected chi connectivity index (χ1v) is 8.75. The zero-order valence-corrected chi connectivity index (χ0v) is 15.1. The van der Waals surface area contributed by atoms with E-state index in [2.05, 4.69) is 16.9 Å². The van der Waals surface area contributed by atoms with Crippen LogP contribution in [-0.4, -0.2) is 28.9 Å². The second-order valence-corrected chi connectivity index (χ2v) is 6.17. The number of carbonyl (C=O) groups excluding carboxylic acids is 1. The third kappa shape index (κ3) is 3.83. The number of amides is 1. The Hall–Kier alpha value is -3.74. The van der Waals surface area contributed by atoms with Gasteiger partial charge < -0.3 is 24.1 Å². The second-order valence-electron chi connectivity index (χ2n) is 6.17. The molecular weight excluding hydrogens is 358 g/mol. The molecule has 0 atom stereocenters. The maximum Gasteiger partial charge on any atom is 0.258 e. The van der Waals surface area contributed by atoms with E-state index in [0.29, 0.717) is 29.5 Å². The zero-order chi connectivity index (χ0) is 19.3. The van der Waals surface area contributed by atoms with E-state index in [1.54, 1.807) is 23.3 Å². The number of rotatable bonds is 7. The maximum atomic E-state index is 12.2. The van der Waals surface area contributed by atoms with Crippen LogP contribution >= 0.6 is 0 Å². The number of hydrogen-bond donors (Lipinski definition) is 1. The molecule has 4 rings (SSSR count). The normalized spacial score (nSPS) is 11.9. The Morgan fingerprint density at radius 3 is 2.93 bits per heavy atom. The highest BCUT2D eigenvalue weighted by atomic mass is 16.7. The summed E-state index contributed by atoms with van der Waals surface area (Å²) < 4.78 is 18.1. The molecule has 2 aromatic carbocycles. The topological polar surface area (TPSA) is 74.6 Å². The van der Waals surface area contributed by atoms with Gasteiger partial charge in [-0.2, -0.15) is 0 Å². The Morgan fingerprint density at radius 2 is 2.07 bits per heavy atom. The van der Waals surface area contributed by atoms with Crippen LogP contribution in [-0.2, 0) is 11.3 Å². The lowest BCUT2D eigenvalue weighted by Crippen LogP contribution is -2.28. The van der Waals surface area contributed by atoms with Crippen molar-refractivity contribution >= 4 is 11.6 Å². The van der Waals surface area contributed by atoms with Crippen LogP contribution in [0.2, 0.25) is 0 Å². The fraction of sp³-hybridized carbons (Fsp3) is 0.143. The lowest BCUT2D eigenvalue weighted by atomic mass is 10.1. The summed E-state index contributed by atoms with van der Waals surface area (Å²) in [4.78, 5) is 16.2. The molecular formula is C21H19N3O4. The number of fused-ring (bicyclic) bond motifs is 1. The number of para-hydroxylation sites is 1. The minimum Gasteiger partial charge on any atom is -0.483 e. The molecule has 1 aliphatic rings. The SMILES string of the molecule is C=C(c1ccccc1OCC(=O)NCc1ccc2c(c1)OCO2)n1ccnc1. The lowest BCUT2D eigenvalue weighted by molar-refractivity contribution is -0.123. The quantitative estimate of drug-likeness (QED) is 0.685. The number of aromatic nitrogens is 2. The zero-order valence-electron chi connectivity index (χ0n) is 15.1. The van der Waals surface area contributed by atoms with Crippen molar-refractivity contribution < 1.29 is 19.0 Å². The molecule has 0 aliphatic carbocycles. The van der Waals surface area contributed by atoms with Gasteiger partial charge in [0.25, 0.3) is 5.91 Å². The molecule has 1 aromatic heterocycles. The van der Waals surface area contributed by atoms with E-state index in [1.165, 1.54) is 0 Å². The van der Waals surface area contributed by atoms with Crippen LogP contribution in [0.25, 0.3) is 5.70 Å². The van der Waals surface area contributed by atoms with Gasteiger partial charge in [-0.1, -0.05) is 24.8 Å². The second kappa shape index (κ2) is 7.87. The fourth-order valence-corrected chi connectivity index (χ4v) is 2.83. The molecule has 142 valence electrons. The fourth-order valence-electron chi connectivity index (χ4n) is 2.83. The lowest BCUT2D eigenvalue weighted by Gasteiger charge is -2.14. The van der Waals surface area contributed by atoms with Crippen molar-refractivity contribution in [3.63, 3.8) is 0 Å². The van der Waals surface area contributed by atoms with Gasteiger partial charge in [-0.3, -0.25) is 4.79 Å². The van der Waals surface area contributed by atoms with Gasteiger partial charge in [-0.05, 0) is 29.8 Å². The minimum atomic E-state index is -0.222. The molecule has 0 bridgehead atoms. The van der Waals surface area contributed by atoms with Crippen LogP contribution in [0.5, 0.6) is 17.2 Å². The summed E-state index contributed by atoms with van der Waals surface area (Å²) in [6.45, 7) is 4.58. The highest BCUT2D eigenvalue weighted by Gasteiger charge is 2.14. The van der Waals surface area contributed by atoms with Gasteiger partial charge in [0, 0.05) is 24.5 Å². The Balaban J connectivity index is 1.34. The molecule has 7 heteroatoms. The van der Waals surface area contributed by atoms with Crippen molar-refractivity contribution in [1.29, 1.82) is 0 Å². The third-order valence-corrected chi connectivity index (χ3v) is 4.30. The van der Waals surface area contributed by atoms with Crippen molar-refractivity contribution in [2.24, 2.45) is 0 Å². The summed E-state index contributed by atoms with van der Waals surface area (Å²) in [6.07, 6.45) is 5.15. The molecule has 1 aliphatic heterocycles. The van der Waals surface area contributed by atoms with Gasteiger partial charge in [-0.25, -0.2) is 4.98 Å². The van der Waals surface area contributed by atoms with E-state index in [9.17, 15) is 4.79 Å². The minimum absolute atomic E-state index is 0.0984. The Kier molecular flexibility index (Phi) is 4.97. The number of imidazole rings is 1. The van der Waals surface area contributed by atoms with Gasteiger partial charge in [0.2, 0.25) is 6.79 Å². The van der Waals surface area contributed by atoms with Crippen molar-refractivity contribution in [2.45, 2.75) is 6.54 Å². The standard InChI is InChI=1S/C21H19N3O4/c1-15(24-9-8-22-13-24)17-4-2-3-5-18(17)26-12-21(25)23-11-16-6-7-19-20(10-16)28-14-27-19/h2-10,13H,1,11-12,14H2,(H,23,25). The van der Waals surface area contributed by atoms with Crippen LogP contribution in [0.1, 0.15) is 11.1 Å². The molecule has 2 heterocycles. The van der Waals surface area contributed by atoms with E-state index in [0.717, 1.165) is 11.1 Å². The summed E-state index contributed by atoms with van der Waals surface area (Å²) in [7, 11) is 0. The predicted octanol–water partition coefficient (Wildman–Crippen LogP) is 2.83. The highest BCUT2D eigenvalue weighted by molar-refractivity contribution is 5.78. The van der Waals surface area contributed by atoms with E-state index in [4.69, 9.17) is 14.2 Å². The number of nitrogens with one attached hydrogen (secondary N) is 1. The monoisotopic (exact) mass is 377 g/mol. The van der Waals surface area contributed by atoms with E-state index < -0.39 is 0 Å². The highest BCUT2D eigenvalue weighted by Crippen LogP contribution is 2.32. The molecule has 3 aromatic rings. The van der Waals surface area contributed by atoms with Crippen molar-refractivity contribution in [1.82, 2.24) is 14.9 Å². The molecule has 1 N–H and O–H groups in total. The van der Waals surface area contributed by atoms with Crippen LogP contribution in [0, 0.1) is 0 Å². The van der Waals surface area contributed by atoms with Gasteiger partial charge in [0.1, 0.15) is 5.75 Å². The van der Waals surface area contributed by atoms with Crippen LogP contribution < -0.4 is 19.5 Å². The summed E-state index contributed by atoms with van der Waals surface area (Å²) in [5, 5.41) is 2.84. The Bertz CT molecular complexity index is 999. The molecule has 1 amide bonds. The van der Waals surface area contributed by atoms with Gasteiger partial charge >= 0.3 is 0 Å². The molecule has 0 saturated heterocycles. The van der Waals surface area contributed by atoms with Crippen LogP contribution in [0.4, 0.5) is 0 Å². The molecule has 28 heavy (non-hydrogen) atoms. The number of hydrogen-bond acceptors (Lipinski definition) is 5. The van der Waals surface area contributed by atoms with E-state index in [-0.39, 0.29) is 19.3 Å². The van der Waals surface area contributed by atoms with Gasteiger partial charge in [-0.15, -0.1) is 0 Å². The molecule has 0 spiro atoms. The largest absolute Gasteiger partial charge is 0.483 e. The van der Waals surface area contributed by atoms with Crippen LogP contribution in [0.3, 0.4) is 0 Å². The molecule has 0 saturated carbocycles. The van der Waals surface area contributed by atoms with Crippen molar-refractivity contribution in [2.75, 3.05) is 13.4 Å².